The van der Waals surface area contributed by atoms with E-state index in [4.69, 9.17) is 9.26 Å². The molecule has 0 radical (unpaired) electrons. The molecule has 7 heteroatoms. The number of nitrogens with one attached hydrogen (secondary N) is 1. The van der Waals surface area contributed by atoms with Gasteiger partial charge in [0.1, 0.15) is 24.2 Å². The van der Waals surface area contributed by atoms with E-state index < -0.39 is 11.9 Å². The third-order valence-corrected chi connectivity index (χ3v) is 4.89. The van der Waals surface area contributed by atoms with Crippen molar-refractivity contribution in [2.75, 3.05) is 18.6 Å². The van der Waals surface area contributed by atoms with Crippen LogP contribution in [0.4, 0.5) is 5.69 Å². The van der Waals surface area contributed by atoms with Crippen molar-refractivity contribution in [3.05, 3.63) is 77.2 Å². The number of rotatable bonds is 4. The number of anilines is 1. The number of carbonyl (C=O) groups excluding carboxylic acids is 2. The summed E-state index contributed by atoms with van der Waals surface area (Å²) >= 11 is 0. The van der Waals surface area contributed by atoms with E-state index >= 15 is 0 Å². The molecule has 1 aliphatic rings. The van der Waals surface area contributed by atoms with Crippen LogP contribution in [0.15, 0.2) is 59.1 Å². The minimum atomic E-state index is -0.825. The summed E-state index contributed by atoms with van der Waals surface area (Å²) in [5, 5.41) is 6.56. The van der Waals surface area contributed by atoms with Gasteiger partial charge in [-0.05, 0) is 24.1 Å². The number of para-hydroxylation sites is 1. The second-order valence-corrected chi connectivity index (χ2v) is 7.00. The van der Waals surface area contributed by atoms with Crippen molar-refractivity contribution in [2.24, 2.45) is 0 Å². The van der Waals surface area contributed by atoms with Crippen molar-refractivity contribution < 1.29 is 18.8 Å². The Morgan fingerprint density at radius 3 is 2.79 bits per heavy atom. The molecule has 1 atom stereocenters. The summed E-state index contributed by atoms with van der Waals surface area (Å²) in [6.07, 6.45) is 0.532. The van der Waals surface area contributed by atoms with Gasteiger partial charge in [-0.1, -0.05) is 47.6 Å². The minimum absolute atomic E-state index is 0.0418. The molecule has 1 aliphatic heterocycles. The smallest absolute Gasteiger partial charge is 0.274 e. The zero-order valence-corrected chi connectivity index (χ0v) is 16.2. The summed E-state index contributed by atoms with van der Waals surface area (Å²) in [7, 11) is 1.68. The molecule has 1 N–H and O–H groups in total. The highest BCUT2D eigenvalue weighted by Crippen LogP contribution is 2.33. The second-order valence-electron chi connectivity index (χ2n) is 7.00. The summed E-state index contributed by atoms with van der Waals surface area (Å²) < 4.78 is 11.1. The highest BCUT2D eigenvalue weighted by atomic mass is 16.5. The Balaban J connectivity index is 1.46. The molecule has 0 unspecified atom stereocenters. The number of likely N-dealkylation sites (N-methyl/N-ethyl adjacent to an activating group) is 1. The molecule has 2 aromatic carbocycles. The highest BCUT2D eigenvalue weighted by molar-refractivity contribution is 6.03. The number of nitrogens with zero attached hydrogens (tertiary/aromatic N) is 2. The predicted molar refractivity (Wildman–Crippen MR) is 107 cm³/mol. The van der Waals surface area contributed by atoms with Crippen molar-refractivity contribution >= 4 is 17.5 Å². The first-order valence-electron chi connectivity index (χ1n) is 9.33. The lowest BCUT2D eigenvalue weighted by molar-refractivity contribution is -0.120. The van der Waals surface area contributed by atoms with E-state index in [9.17, 15) is 9.59 Å². The summed E-state index contributed by atoms with van der Waals surface area (Å²) in [6, 6.07) is 16.1. The first-order chi connectivity index (χ1) is 14.0. The van der Waals surface area contributed by atoms with Gasteiger partial charge in [-0.2, -0.15) is 0 Å². The average molecular weight is 391 g/mol. The molecule has 1 aromatic heterocycles. The molecule has 7 nitrogen and oxygen atoms in total. The van der Waals surface area contributed by atoms with E-state index in [-0.39, 0.29) is 18.2 Å². The maximum Gasteiger partial charge on any atom is 0.274 e. The van der Waals surface area contributed by atoms with Crippen LogP contribution in [0, 0.1) is 6.92 Å². The van der Waals surface area contributed by atoms with Gasteiger partial charge in [0, 0.05) is 19.5 Å². The van der Waals surface area contributed by atoms with Gasteiger partial charge in [0.25, 0.3) is 11.8 Å². The summed E-state index contributed by atoms with van der Waals surface area (Å²) in [4.78, 5) is 27.0. The Hall–Kier alpha value is -3.61. The monoisotopic (exact) mass is 391 g/mol. The summed E-state index contributed by atoms with van der Waals surface area (Å²) in [5.41, 5.74) is 2.82. The number of benzene rings is 2. The van der Waals surface area contributed by atoms with Crippen LogP contribution in [-0.2, 0) is 11.2 Å². The quantitative estimate of drug-likeness (QED) is 0.739. The molecular formula is C22H21N3O4. The van der Waals surface area contributed by atoms with Gasteiger partial charge in [0.05, 0.1) is 5.69 Å². The van der Waals surface area contributed by atoms with E-state index in [0.717, 1.165) is 11.1 Å². The van der Waals surface area contributed by atoms with Crippen LogP contribution >= 0.6 is 0 Å². The topological polar surface area (TPSA) is 84.7 Å². The van der Waals surface area contributed by atoms with Gasteiger partial charge in [0.2, 0.25) is 0 Å². The second kappa shape index (κ2) is 7.79. The van der Waals surface area contributed by atoms with Gasteiger partial charge in [-0.25, -0.2) is 0 Å². The molecule has 148 valence electrons. The normalized spacial score (nSPS) is 16.0. The SMILES string of the molecule is Cc1cccc2c1N(C)C(=O)[C@@H](NC(=O)c1cc(Cc3ccccc3)on1)CO2. The summed E-state index contributed by atoms with van der Waals surface area (Å²) in [6.45, 7) is 1.95. The van der Waals surface area contributed by atoms with Gasteiger partial charge >= 0.3 is 0 Å². The fourth-order valence-electron chi connectivity index (χ4n) is 3.40. The lowest BCUT2D eigenvalue weighted by atomic mass is 10.1. The number of aryl methyl sites for hydroxylation is 1. The fraction of sp³-hybridized carbons (Fsp3) is 0.227. The Morgan fingerprint density at radius 2 is 2.00 bits per heavy atom. The van der Waals surface area contributed by atoms with Crippen molar-refractivity contribution in [3.8, 4) is 5.75 Å². The third kappa shape index (κ3) is 3.85. The Labute approximate surface area is 168 Å². The zero-order valence-electron chi connectivity index (χ0n) is 16.2. The van der Waals surface area contributed by atoms with Crippen molar-refractivity contribution in [2.45, 2.75) is 19.4 Å². The van der Waals surface area contributed by atoms with Crippen LogP contribution in [0.2, 0.25) is 0 Å². The van der Waals surface area contributed by atoms with Crippen molar-refractivity contribution in [1.82, 2.24) is 10.5 Å². The molecule has 0 spiro atoms. The minimum Gasteiger partial charge on any atom is -0.489 e. The number of carbonyl (C=O) groups is 2. The van der Waals surface area contributed by atoms with Crippen LogP contribution < -0.4 is 15.0 Å². The molecular weight excluding hydrogens is 370 g/mol. The largest absolute Gasteiger partial charge is 0.489 e. The van der Waals surface area contributed by atoms with E-state index in [0.29, 0.717) is 23.6 Å². The summed E-state index contributed by atoms with van der Waals surface area (Å²) in [5.74, 6) is 0.458. The van der Waals surface area contributed by atoms with Gasteiger partial charge < -0.3 is 19.5 Å². The van der Waals surface area contributed by atoms with Crippen LogP contribution in [0.25, 0.3) is 0 Å². The van der Waals surface area contributed by atoms with Crippen molar-refractivity contribution in [1.29, 1.82) is 0 Å². The fourth-order valence-corrected chi connectivity index (χ4v) is 3.40. The lowest BCUT2D eigenvalue weighted by Crippen LogP contribution is -2.49. The van der Waals surface area contributed by atoms with Crippen LogP contribution in [0.5, 0.6) is 5.75 Å². The van der Waals surface area contributed by atoms with E-state index in [1.807, 2.05) is 55.5 Å². The third-order valence-electron chi connectivity index (χ3n) is 4.89. The molecule has 0 fully saturated rings. The van der Waals surface area contributed by atoms with E-state index in [2.05, 4.69) is 10.5 Å². The molecule has 3 aromatic rings. The molecule has 2 heterocycles. The molecule has 0 saturated heterocycles. The number of ether oxygens (including phenoxy) is 1. The Kier molecular flexibility index (Phi) is 5.03. The molecule has 4 rings (SSSR count). The Morgan fingerprint density at radius 1 is 1.21 bits per heavy atom. The Bertz CT molecular complexity index is 1050. The van der Waals surface area contributed by atoms with Crippen LogP contribution in [0.1, 0.15) is 27.4 Å². The lowest BCUT2D eigenvalue weighted by Gasteiger charge is -2.21. The van der Waals surface area contributed by atoms with E-state index in [1.54, 1.807) is 13.1 Å². The van der Waals surface area contributed by atoms with Gasteiger partial charge in [-0.15, -0.1) is 0 Å². The number of hydrogen-bond acceptors (Lipinski definition) is 5. The standard InChI is InChI=1S/C22H21N3O4/c1-14-7-6-10-19-20(14)25(2)22(27)18(13-28-19)23-21(26)17-12-16(29-24-17)11-15-8-4-3-5-9-15/h3-10,12,18H,11,13H2,1-2H3,(H,23,26)/t18-/m0/s1. The zero-order chi connectivity index (χ0) is 20.4. The average Bonchev–Trinajstić information content (AvgIpc) is 3.15. The van der Waals surface area contributed by atoms with E-state index in [1.165, 1.54) is 4.90 Å². The maximum absolute atomic E-state index is 12.9. The predicted octanol–water partition coefficient (Wildman–Crippen LogP) is 2.73. The molecule has 0 bridgehead atoms. The number of fused-ring (bicyclic) bond motifs is 1. The first-order valence-corrected chi connectivity index (χ1v) is 9.33. The first kappa shape index (κ1) is 18.7. The van der Waals surface area contributed by atoms with Crippen LogP contribution in [-0.4, -0.2) is 36.7 Å². The van der Waals surface area contributed by atoms with Crippen molar-refractivity contribution in [3.63, 3.8) is 0 Å². The van der Waals surface area contributed by atoms with Gasteiger partial charge in [0.15, 0.2) is 5.69 Å². The number of aromatic nitrogens is 1. The molecule has 2 amide bonds. The molecule has 0 aliphatic carbocycles. The number of hydrogen-bond donors (Lipinski definition) is 1. The highest BCUT2D eigenvalue weighted by Gasteiger charge is 2.32. The maximum atomic E-state index is 12.9. The van der Waals surface area contributed by atoms with Crippen LogP contribution in [0.3, 0.4) is 0 Å². The van der Waals surface area contributed by atoms with Gasteiger partial charge in [-0.3, -0.25) is 9.59 Å². The molecule has 0 saturated carbocycles. The number of amides is 2. The molecule has 29 heavy (non-hydrogen) atoms.